The predicted molar refractivity (Wildman–Crippen MR) is 107 cm³/mol. The Hall–Kier alpha value is -3.55. The molecule has 3 rings (SSSR count). The van der Waals surface area contributed by atoms with Gasteiger partial charge in [-0.3, -0.25) is 4.79 Å². The van der Waals surface area contributed by atoms with Gasteiger partial charge in [-0.15, -0.1) is 10.2 Å². The first-order chi connectivity index (χ1) is 14.1. The molecule has 0 saturated heterocycles. The lowest BCUT2D eigenvalue weighted by Gasteiger charge is -2.16. The third kappa shape index (κ3) is 5.47. The number of aryl methyl sites for hydroxylation is 1. The number of rotatable bonds is 8. The number of hydrogen-bond donors (Lipinski definition) is 1. The SMILES string of the molecule is CCc1ccc(-c2nnn(CC(=O)N[C@H](Cc3ccccc3)C(=O)OC)n2)cc1. The van der Waals surface area contributed by atoms with Crippen molar-refractivity contribution in [1.29, 1.82) is 0 Å². The molecule has 0 saturated carbocycles. The second-order valence-electron chi connectivity index (χ2n) is 6.53. The Morgan fingerprint density at radius 3 is 2.45 bits per heavy atom. The first-order valence-electron chi connectivity index (χ1n) is 9.37. The van der Waals surface area contributed by atoms with Crippen molar-refractivity contribution in [2.45, 2.75) is 32.4 Å². The van der Waals surface area contributed by atoms with Gasteiger partial charge in [0.25, 0.3) is 0 Å². The number of hydrogen-bond acceptors (Lipinski definition) is 6. The van der Waals surface area contributed by atoms with Crippen molar-refractivity contribution in [1.82, 2.24) is 25.5 Å². The van der Waals surface area contributed by atoms with Gasteiger partial charge in [0, 0.05) is 12.0 Å². The van der Waals surface area contributed by atoms with E-state index in [0.29, 0.717) is 12.2 Å². The maximum atomic E-state index is 12.4. The maximum absolute atomic E-state index is 12.4. The largest absolute Gasteiger partial charge is 0.467 e. The molecule has 1 atom stereocenters. The highest BCUT2D eigenvalue weighted by molar-refractivity contribution is 5.84. The molecule has 1 aromatic heterocycles. The Bertz CT molecular complexity index is 954. The molecule has 0 radical (unpaired) electrons. The average molecular weight is 393 g/mol. The van der Waals surface area contributed by atoms with Crippen molar-refractivity contribution in [2.75, 3.05) is 7.11 Å². The fourth-order valence-electron chi connectivity index (χ4n) is 2.87. The van der Waals surface area contributed by atoms with Gasteiger partial charge in [-0.05, 0) is 22.8 Å². The van der Waals surface area contributed by atoms with Crippen molar-refractivity contribution in [3.8, 4) is 11.4 Å². The van der Waals surface area contributed by atoms with Crippen LogP contribution in [0.3, 0.4) is 0 Å². The molecule has 0 aliphatic rings. The molecule has 0 fully saturated rings. The van der Waals surface area contributed by atoms with Gasteiger partial charge in [0.2, 0.25) is 11.7 Å². The predicted octanol–water partition coefficient (Wildman–Crippen LogP) is 1.80. The number of methoxy groups -OCH3 is 1. The van der Waals surface area contributed by atoms with Crippen molar-refractivity contribution in [3.05, 3.63) is 65.7 Å². The van der Waals surface area contributed by atoms with Crippen LogP contribution in [0.25, 0.3) is 11.4 Å². The molecule has 0 bridgehead atoms. The van der Waals surface area contributed by atoms with Crippen LogP contribution in [0.1, 0.15) is 18.1 Å². The van der Waals surface area contributed by atoms with Crippen LogP contribution >= 0.6 is 0 Å². The molecule has 0 spiro atoms. The fourth-order valence-corrected chi connectivity index (χ4v) is 2.87. The summed E-state index contributed by atoms with van der Waals surface area (Å²) in [5.41, 5.74) is 2.96. The Morgan fingerprint density at radius 2 is 1.79 bits per heavy atom. The monoisotopic (exact) mass is 393 g/mol. The number of tetrazole rings is 1. The van der Waals surface area contributed by atoms with Gasteiger partial charge in [0.15, 0.2) is 0 Å². The molecule has 8 heteroatoms. The lowest BCUT2D eigenvalue weighted by molar-refractivity contribution is -0.145. The van der Waals surface area contributed by atoms with E-state index in [9.17, 15) is 9.59 Å². The Kier molecular flexibility index (Phi) is 6.67. The standard InChI is InChI=1S/C21H23N5O3/c1-3-15-9-11-17(12-10-15)20-23-25-26(24-20)14-19(27)22-18(21(28)29-2)13-16-7-5-4-6-8-16/h4-12,18H,3,13-14H2,1-2H3,(H,22,27)/t18-/m1/s1. The third-order valence-electron chi connectivity index (χ3n) is 4.46. The number of ether oxygens (including phenoxy) is 1. The first-order valence-corrected chi connectivity index (χ1v) is 9.37. The van der Waals surface area contributed by atoms with Crippen LogP contribution in [0, 0.1) is 0 Å². The van der Waals surface area contributed by atoms with Crippen LogP contribution in [0.2, 0.25) is 0 Å². The highest BCUT2D eigenvalue weighted by Gasteiger charge is 2.22. The maximum Gasteiger partial charge on any atom is 0.328 e. The van der Waals surface area contributed by atoms with Gasteiger partial charge in [-0.2, -0.15) is 4.80 Å². The van der Waals surface area contributed by atoms with Crippen LogP contribution in [0.15, 0.2) is 54.6 Å². The molecule has 29 heavy (non-hydrogen) atoms. The molecule has 0 unspecified atom stereocenters. The highest BCUT2D eigenvalue weighted by Crippen LogP contribution is 2.14. The van der Waals surface area contributed by atoms with Crippen LogP contribution in [-0.2, 0) is 33.7 Å². The molecule has 0 aliphatic heterocycles. The summed E-state index contributed by atoms with van der Waals surface area (Å²) >= 11 is 0. The summed E-state index contributed by atoms with van der Waals surface area (Å²) in [5.74, 6) is -0.471. The number of carbonyl (C=O) groups excluding carboxylic acids is 2. The zero-order valence-corrected chi connectivity index (χ0v) is 16.4. The molecule has 8 nitrogen and oxygen atoms in total. The Morgan fingerprint density at radius 1 is 1.07 bits per heavy atom. The molecule has 1 N–H and O–H groups in total. The van der Waals surface area contributed by atoms with Crippen molar-refractivity contribution in [2.24, 2.45) is 0 Å². The van der Waals surface area contributed by atoms with Gasteiger partial charge in [-0.1, -0.05) is 61.5 Å². The van der Waals surface area contributed by atoms with Crippen LogP contribution < -0.4 is 5.32 Å². The number of benzene rings is 2. The summed E-state index contributed by atoms with van der Waals surface area (Å²) in [6.07, 6.45) is 1.28. The Balaban J connectivity index is 1.63. The minimum absolute atomic E-state index is 0.150. The fraction of sp³-hybridized carbons (Fsp3) is 0.286. The van der Waals surface area contributed by atoms with Crippen molar-refractivity contribution >= 4 is 11.9 Å². The lowest BCUT2D eigenvalue weighted by atomic mass is 10.1. The lowest BCUT2D eigenvalue weighted by Crippen LogP contribution is -2.44. The summed E-state index contributed by atoms with van der Waals surface area (Å²) in [6.45, 7) is 1.93. The summed E-state index contributed by atoms with van der Waals surface area (Å²) in [6, 6.07) is 16.5. The van der Waals surface area contributed by atoms with Gasteiger partial charge < -0.3 is 10.1 Å². The number of amides is 1. The summed E-state index contributed by atoms with van der Waals surface area (Å²) in [7, 11) is 1.29. The number of esters is 1. The average Bonchev–Trinajstić information content (AvgIpc) is 3.21. The molecular formula is C21H23N5O3. The van der Waals surface area contributed by atoms with Gasteiger partial charge in [0.1, 0.15) is 12.6 Å². The second kappa shape index (κ2) is 9.59. The Labute approximate surface area is 168 Å². The molecule has 1 amide bonds. The van der Waals surface area contributed by atoms with E-state index in [4.69, 9.17) is 4.74 Å². The van der Waals surface area contributed by atoms with E-state index in [1.54, 1.807) is 0 Å². The molecule has 3 aromatic rings. The normalized spacial score (nSPS) is 11.7. The van der Waals surface area contributed by atoms with E-state index in [2.05, 4.69) is 27.7 Å². The molecule has 0 aliphatic carbocycles. The van der Waals surface area contributed by atoms with E-state index in [1.807, 2.05) is 54.6 Å². The second-order valence-corrected chi connectivity index (χ2v) is 6.53. The first kappa shape index (κ1) is 20.2. The van der Waals surface area contributed by atoms with E-state index >= 15 is 0 Å². The van der Waals surface area contributed by atoms with Gasteiger partial charge in [0.05, 0.1) is 7.11 Å². The zero-order valence-electron chi connectivity index (χ0n) is 16.4. The number of carbonyl (C=O) groups is 2. The number of aromatic nitrogens is 4. The zero-order chi connectivity index (χ0) is 20.6. The summed E-state index contributed by atoms with van der Waals surface area (Å²) in [4.78, 5) is 25.7. The third-order valence-corrected chi connectivity index (χ3v) is 4.46. The number of nitrogens with one attached hydrogen (secondary N) is 1. The minimum atomic E-state index is -0.792. The smallest absolute Gasteiger partial charge is 0.328 e. The highest BCUT2D eigenvalue weighted by atomic mass is 16.5. The number of nitrogens with zero attached hydrogens (tertiary/aromatic N) is 4. The quantitative estimate of drug-likeness (QED) is 0.586. The topological polar surface area (TPSA) is 99.0 Å². The van der Waals surface area contributed by atoms with E-state index in [1.165, 1.54) is 17.5 Å². The molecular weight excluding hydrogens is 370 g/mol. The molecule has 2 aromatic carbocycles. The van der Waals surface area contributed by atoms with E-state index < -0.39 is 17.9 Å². The van der Waals surface area contributed by atoms with E-state index in [-0.39, 0.29) is 6.54 Å². The van der Waals surface area contributed by atoms with Crippen molar-refractivity contribution < 1.29 is 14.3 Å². The summed E-state index contributed by atoms with van der Waals surface area (Å²) in [5, 5.41) is 14.9. The van der Waals surface area contributed by atoms with Gasteiger partial charge in [-0.25, -0.2) is 4.79 Å². The minimum Gasteiger partial charge on any atom is -0.467 e. The van der Waals surface area contributed by atoms with Gasteiger partial charge >= 0.3 is 5.97 Å². The van der Waals surface area contributed by atoms with Crippen LogP contribution in [-0.4, -0.2) is 45.2 Å². The molecule has 150 valence electrons. The van der Waals surface area contributed by atoms with Crippen LogP contribution in [0.4, 0.5) is 0 Å². The van der Waals surface area contributed by atoms with Crippen molar-refractivity contribution in [3.63, 3.8) is 0 Å². The van der Waals surface area contributed by atoms with Crippen LogP contribution in [0.5, 0.6) is 0 Å². The molecule has 1 heterocycles. The van der Waals surface area contributed by atoms with E-state index in [0.717, 1.165) is 17.5 Å². The summed E-state index contributed by atoms with van der Waals surface area (Å²) < 4.78 is 4.81.